The molecule has 4 nitrogen and oxygen atoms in total. The maximum atomic E-state index is 13.4. The fourth-order valence-electron chi connectivity index (χ4n) is 2.85. The first-order valence-electron chi connectivity index (χ1n) is 8.64. The van der Waals surface area contributed by atoms with Crippen LogP contribution in [0.5, 0.6) is 5.75 Å². The zero-order chi connectivity index (χ0) is 20.1. The van der Waals surface area contributed by atoms with E-state index in [1.54, 1.807) is 18.1 Å². The van der Waals surface area contributed by atoms with E-state index in [1.807, 2.05) is 24.3 Å². The van der Waals surface area contributed by atoms with Crippen LogP contribution in [0, 0.1) is 5.82 Å². The third-order valence-corrected chi connectivity index (χ3v) is 6.31. The van der Waals surface area contributed by atoms with Crippen molar-refractivity contribution in [1.29, 1.82) is 0 Å². The number of carbonyl (C=O) groups excluding carboxylic acids is 1. The molecule has 0 unspecified atom stereocenters. The van der Waals surface area contributed by atoms with E-state index in [0.29, 0.717) is 29.6 Å². The van der Waals surface area contributed by atoms with Gasteiger partial charge in [0.1, 0.15) is 22.5 Å². The van der Waals surface area contributed by atoms with E-state index in [0.717, 1.165) is 15.6 Å². The van der Waals surface area contributed by atoms with Crippen LogP contribution in [-0.4, -0.2) is 40.6 Å². The summed E-state index contributed by atoms with van der Waals surface area (Å²) < 4.78 is 25.8. The van der Waals surface area contributed by atoms with Gasteiger partial charge in [0.15, 0.2) is 0 Å². The summed E-state index contributed by atoms with van der Waals surface area (Å²) in [5, 5.41) is -0.296. The van der Waals surface area contributed by atoms with Crippen molar-refractivity contribution >= 4 is 50.1 Å². The van der Waals surface area contributed by atoms with Crippen molar-refractivity contribution in [3.63, 3.8) is 0 Å². The Labute approximate surface area is 181 Å². The van der Waals surface area contributed by atoms with Crippen LogP contribution in [-0.2, 0) is 22.6 Å². The van der Waals surface area contributed by atoms with Gasteiger partial charge in [-0.1, -0.05) is 52.0 Å². The standard InChI is InChI=1S/C20H19BrFNO3S2/c1-25-8-7-23-19(24)18(28-20(23)27)11-14-10-15(21)5-6-17(14)26-12-13-3-2-4-16(22)9-13/h2-6,9-10,18H,7-8,11-12H2,1H3/t18-/m0/s1. The zero-order valence-corrected chi connectivity index (χ0v) is 18.4. The van der Waals surface area contributed by atoms with Crippen molar-refractivity contribution < 1.29 is 18.7 Å². The molecule has 0 aromatic heterocycles. The molecule has 0 radical (unpaired) electrons. The second kappa shape index (κ2) is 9.82. The summed E-state index contributed by atoms with van der Waals surface area (Å²) in [7, 11) is 1.60. The minimum absolute atomic E-state index is 0.0110. The first-order chi connectivity index (χ1) is 13.5. The number of hydrogen-bond acceptors (Lipinski definition) is 5. The smallest absolute Gasteiger partial charge is 0.242 e. The molecule has 0 spiro atoms. The zero-order valence-electron chi connectivity index (χ0n) is 15.2. The summed E-state index contributed by atoms with van der Waals surface area (Å²) in [6.07, 6.45) is 0.491. The molecule has 0 bridgehead atoms. The minimum Gasteiger partial charge on any atom is -0.489 e. The Hall–Kier alpha value is -1.48. The average molecular weight is 484 g/mol. The quantitative estimate of drug-likeness (QED) is 0.513. The average Bonchev–Trinajstić information content (AvgIpc) is 2.92. The van der Waals surface area contributed by atoms with Gasteiger partial charge in [0.05, 0.1) is 18.4 Å². The number of halogens is 2. The highest BCUT2D eigenvalue weighted by molar-refractivity contribution is 9.10. The number of hydrogen-bond donors (Lipinski definition) is 0. The van der Waals surface area contributed by atoms with E-state index in [9.17, 15) is 9.18 Å². The predicted octanol–water partition coefficient (Wildman–Crippen LogP) is 4.59. The molecule has 2 aromatic rings. The molecule has 1 fully saturated rings. The molecule has 1 aliphatic rings. The molecule has 1 saturated heterocycles. The molecular formula is C20H19BrFNO3S2. The Bertz CT molecular complexity index is 880. The maximum Gasteiger partial charge on any atom is 0.242 e. The predicted molar refractivity (Wildman–Crippen MR) is 116 cm³/mol. The lowest BCUT2D eigenvalue weighted by atomic mass is 10.1. The van der Waals surface area contributed by atoms with Gasteiger partial charge in [-0.3, -0.25) is 9.69 Å². The van der Waals surface area contributed by atoms with Crippen LogP contribution in [0.4, 0.5) is 4.39 Å². The van der Waals surface area contributed by atoms with Crippen LogP contribution < -0.4 is 4.74 Å². The van der Waals surface area contributed by atoms with E-state index in [2.05, 4.69) is 15.9 Å². The van der Waals surface area contributed by atoms with Crippen molar-refractivity contribution in [1.82, 2.24) is 4.90 Å². The number of carbonyl (C=O) groups is 1. The number of thioether (sulfide) groups is 1. The van der Waals surface area contributed by atoms with Crippen molar-refractivity contribution in [2.45, 2.75) is 18.3 Å². The lowest BCUT2D eigenvalue weighted by Crippen LogP contribution is -2.34. The van der Waals surface area contributed by atoms with Gasteiger partial charge in [0.2, 0.25) is 5.91 Å². The molecule has 28 heavy (non-hydrogen) atoms. The van der Waals surface area contributed by atoms with Gasteiger partial charge in [0.25, 0.3) is 0 Å². The monoisotopic (exact) mass is 483 g/mol. The minimum atomic E-state index is -0.297. The molecule has 8 heteroatoms. The Morgan fingerprint density at radius 1 is 1.29 bits per heavy atom. The molecule has 148 valence electrons. The van der Waals surface area contributed by atoms with E-state index >= 15 is 0 Å². The number of amides is 1. The Kier molecular flexibility index (Phi) is 7.45. The Morgan fingerprint density at radius 3 is 2.86 bits per heavy atom. The summed E-state index contributed by atoms with van der Waals surface area (Å²) in [5.41, 5.74) is 1.64. The van der Waals surface area contributed by atoms with Crippen LogP contribution in [0.25, 0.3) is 0 Å². The highest BCUT2D eigenvalue weighted by Gasteiger charge is 2.37. The van der Waals surface area contributed by atoms with E-state index < -0.39 is 0 Å². The molecule has 1 amide bonds. The van der Waals surface area contributed by atoms with Gasteiger partial charge < -0.3 is 9.47 Å². The maximum absolute atomic E-state index is 13.4. The van der Waals surface area contributed by atoms with Gasteiger partial charge in [-0.15, -0.1) is 0 Å². The van der Waals surface area contributed by atoms with Crippen molar-refractivity contribution in [3.8, 4) is 5.75 Å². The number of methoxy groups -OCH3 is 1. The first kappa shape index (κ1) is 21.2. The summed E-state index contributed by atoms with van der Waals surface area (Å²) in [6.45, 7) is 1.15. The molecule has 2 aromatic carbocycles. The second-order valence-electron chi connectivity index (χ2n) is 6.23. The molecule has 1 heterocycles. The topological polar surface area (TPSA) is 38.8 Å². The molecule has 3 rings (SSSR count). The van der Waals surface area contributed by atoms with Gasteiger partial charge >= 0.3 is 0 Å². The normalized spacial score (nSPS) is 16.7. The summed E-state index contributed by atoms with van der Waals surface area (Å²) in [6, 6.07) is 12.0. The van der Waals surface area contributed by atoms with Crippen molar-refractivity contribution in [2.24, 2.45) is 0 Å². The van der Waals surface area contributed by atoms with Crippen molar-refractivity contribution in [2.75, 3.05) is 20.3 Å². The number of thiocarbonyl (C=S) groups is 1. The number of rotatable bonds is 8. The second-order valence-corrected chi connectivity index (χ2v) is 8.98. The SMILES string of the molecule is COCCN1C(=O)[C@H](Cc2cc(Br)ccc2OCc2cccc(F)c2)SC1=S. The third-order valence-electron chi connectivity index (χ3n) is 4.24. The summed E-state index contributed by atoms with van der Waals surface area (Å²) >= 11 is 10.2. The van der Waals surface area contributed by atoms with E-state index in [4.69, 9.17) is 21.7 Å². The molecule has 1 atom stereocenters. The van der Waals surface area contributed by atoms with Crippen LogP contribution in [0.1, 0.15) is 11.1 Å². The molecule has 1 aliphatic heterocycles. The molecule has 0 aliphatic carbocycles. The lowest BCUT2D eigenvalue weighted by Gasteiger charge is -2.16. The van der Waals surface area contributed by atoms with Crippen LogP contribution >= 0.6 is 39.9 Å². The van der Waals surface area contributed by atoms with Crippen LogP contribution in [0.3, 0.4) is 0 Å². The van der Waals surface area contributed by atoms with Crippen molar-refractivity contribution in [3.05, 3.63) is 63.9 Å². The molecule has 0 saturated carbocycles. The Balaban J connectivity index is 1.72. The van der Waals surface area contributed by atoms with E-state index in [1.165, 1.54) is 23.9 Å². The lowest BCUT2D eigenvalue weighted by molar-refractivity contribution is -0.126. The molecule has 0 N–H and O–H groups in total. The molecular weight excluding hydrogens is 465 g/mol. The fraction of sp³-hybridized carbons (Fsp3) is 0.300. The number of nitrogens with zero attached hydrogens (tertiary/aromatic N) is 1. The summed E-state index contributed by atoms with van der Waals surface area (Å²) in [4.78, 5) is 14.3. The first-order valence-corrected chi connectivity index (χ1v) is 10.7. The fourth-order valence-corrected chi connectivity index (χ4v) is 4.83. The Morgan fingerprint density at radius 2 is 2.11 bits per heavy atom. The van der Waals surface area contributed by atoms with Gasteiger partial charge in [-0.2, -0.15) is 0 Å². The third kappa shape index (κ3) is 5.31. The van der Waals surface area contributed by atoms with Crippen LogP contribution in [0.2, 0.25) is 0 Å². The summed E-state index contributed by atoms with van der Waals surface area (Å²) in [5.74, 6) is 0.361. The van der Waals surface area contributed by atoms with Gasteiger partial charge in [-0.25, -0.2) is 4.39 Å². The van der Waals surface area contributed by atoms with E-state index in [-0.39, 0.29) is 23.6 Å². The highest BCUT2D eigenvalue weighted by atomic mass is 79.9. The van der Waals surface area contributed by atoms with Gasteiger partial charge in [0, 0.05) is 11.6 Å². The van der Waals surface area contributed by atoms with Gasteiger partial charge in [-0.05, 0) is 47.9 Å². The number of ether oxygens (including phenoxy) is 2. The van der Waals surface area contributed by atoms with Crippen LogP contribution in [0.15, 0.2) is 46.9 Å². The number of benzene rings is 2. The largest absolute Gasteiger partial charge is 0.489 e. The highest BCUT2D eigenvalue weighted by Crippen LogP contribution is 2.33.